The van der Waals surface area contributed by atoms with Crippen molar-refractivity contribution in [2.75, 3.05) is 32.7 Å². The first-order chi connectivity index (χ1) is 16.5. The van der Waals surface area contributed by atoms with Crippen molar-refractivity contribution < 1.29 is 14.3 Å². The minimum Gasteiger partial charge on any atom is -0.465 e. The van der Waals surface area contributed by atoms with Crippen LogP contribution in [-0.2, 0) is 16.0 Å². The molecule has 2 aromatic carbocycles. The Morgan fingerprint density at radius 3 is 2.74 bits per heavy atom. The SMILES string of the molecule is CCCCCn1c(-c2cccc(NC(=S)NCCCOC)c2Cl)nc2cc(C(=O)OC)ccc21. The third kappa shape index (κ3) is 6.25. The Bertz CT molecular complexity index is 1150. The van der Waals surface area contributed by atoms with Crippen LogP contribution < -0.4 is 10.6 Å². The zero-order valence-corrected chi connectivity index (χ0v) is 21.4. The number of carbonyl (C=O) groups is 1. The maximum absolute atomic E-state index is 12.0. The molecule has 0 aliphatic rings. The number of nitrogens with one attached hydrogen (secondary N) is 2. The number of unbranched alkanes of at least 4 members (excludes halogenated alkanes) is 2. The zero-order chi connectivity index (χ0) is 24.5. The van der Waals surface area contributed by atoms with Crippen LogP contribution in [0.3, 0.4) is 0 Å². The smallest absolute Gasteiger partial charge is 0.337 e. The van der Waals surface area contributed by atoms with E-state index in [-0.39, 0.29) is 5.97 Å². The van der Waals surface area contributed by atoms with Gasteiger partial charge in [-0.1, -0.05) is 37.4 Å². The summed E-state index contributed by atoms with van der Waals surface area (Å²) in [5.74, 6) is 0.362. The summed E-state index contributed by atoms with van der Waals surface area (Å²) in [4.78, 5) is 16.9. The summed E-state index contributed by atoms with van der Waals surface area (Å²) in [6, 6.07) is 11.2. The van der Waals surface area contributed by atoms with E-state index >= 15 is 0 Å². The van der Waals surface area contributed by atoms with Gasteiger partial charge >= 0.3 is 5.97 Å². The Kier molecular flexibility index (Phi) is 9.68. The maximum atomic E-state index is 12.0. The topological polar surface area (TPSA) is 77.4 Å². The fraction of sp³-hybridized carbons (Fsp3) is 0.400. The minimum atomic E-state index is -0.389. The lowest BCUT2D eigenvalue weighted by molar-refractivity contribution is 0.0601. The number of halogens is 1. The molecule has 1 aromatic heterocycles. The van der Waals surface area contributed by atoms with E-state index in [1.54, 1.807) is 19.2 Å². The molecule has 0 aliphatic heterocycles. The highest BCUT2D eigenvalue weighted by atomic mass is 35.5. The van der Waals surface area contributed by atoms with E-state index in [1.165, 1.54) is 7.11 Å². The molecule has 2 N–H and O–H groups in total. The molecular weight excluding hydrogens is 472 g/mol. The molecule has 0 unspecified atom stereocenters. The number of aromatic nitrogens is 2. The third-order valence-electron chi connectivity index (χ3n) is 5.45. The van der Waals surface area contributed by atoms with Gasteiger partial charge in [0.25, 0.3) is 0 Å². The van der Waals surface area contributed by atoms with Crippen LogP contribution in [0.2, 0.25) is 5.02 Å². The fourth-order valence-electron chi connectivity index (χ4n) is 3.71. The number of carbonyl (C=O) groups excluding carboxylic acids is 1. The van der Waals surface area contributed by atoms with Gasteiger partial charge in [-0.05, 0) is 55.4 Å². The fourth-order valence-corrected chi connectivity index (χ4v) is 4.18. The first-order valence-electron chi connectivity index (χ1n) is 11.4. The average molecular weight is 503 g/mol. The van der Waals surface area contributed by atoms with Gasteiger partial charge in [-0.3, -0.25) is 0 Å². The van der Waals surface area contributed by atoms with E-state index in [2.05, 4.69) is 22.1 Å². The van der Waals surface area contributed by atoms with Crippen LogP contribution in [0.25, 0.3) is 22.4 Å². The number of thiocarbonyl (C=S) groups is 1. The molecule has 3 aromatic rings. The van der Waals surface area contributed by atoms with Crippen LogP contribution in [0, 0.1) is 0 Å². The van der Waals surface area contributed by atoms with E-state index in [0.29, 0.717) is 34.5 Å². The molecule has 3 rings (SSSR count). The van der Waals surface area contributed by atoms with Crippen LogP contribution in [0.15, 0.2) is 36.4 Å². The van der Waals surface area contributed by atoms with Crippen molar-refractivity contribution in [1.82, 2.24) is 14.9 Å². The highest BCUT2D eigenvalue weighted by molar-refractivity contribution is 7.80. The minimum absolute atomic E-state index is 0.389. The molecule has 1 heterocycles. The van der Waals surface area contributed by atoms with Crippen molar-refractivity contribution in [3.05, 3.63) is 47.0 Å². The molecule has 0 radical (unpaired) electrons. The number of ether oxygens (including phenoxy) is 2. The first kappa shape index (κ1) is 25.9. The molecule has 0 aliphatic carbocycles. The lowest BCUT2D eigenvalue weighted by Crippen LogP contribution is -2.29. The second kappa shape index (κ2) is 12.7. The number of anilines is 1. The molecule has 0 amide bonds. The number of fused-ring (bicyclic) bond motifs is 1. The normalized spacial score (nSPS) is 10.9. The monoisotopic (exact) mass is 502 g/mol. The van der Waals surface area contributed by atoms with Crippen LogP contribution in [0.5, 0.6) is 0 Å². The van der Waals surface area contributed by atoms with Gasteiger partial charge in [0, 0.05) is 32.4 Å². The van der Waals surface area contributed by atoms with Gasteiger partial charge in [-0.25, -0.2) is 9.78 Å². The largest absolute Gasteiger partial charge is 0.465 e. The number of nitrogens with zero attached hydrogens (tertiary/aromatic N) is 2. The predicted octanol–water partition coefficient (Wildman–Crippen LogP) is 5.66. The van der Waals surface area contributed by atoms with E-state index in [0.717, 1.165) is 54.6 Å². The molecule has 7 nitrogen and oxygen atoms in total. The zero-order valence-electron chi connectivity index (χ0n) is 19.8. The number of esters is 1. The Morgan fingerprint density at radius 1 is 1.18 bits per heavy atom. The lowest BCUT2D eigenvalue weighted by Gasteiger charge is -2.15. The van der Waals surface area contributed by atoms with Crippen LogP contribution in [0.1, 0.15) is 43.0 Å². The highest BCUT2D eigenvalue weighted by Gasteiger charge is 2.18. The molecule has 0 fully saturated rings. The van der Waals surface area contributed by atoms with Gasteiger partial charge in [-0.2, -0.15) is 0 Å². The van der Waals surface area contributed by atoms with Crippen LogP contribution in [-0.4, -0.2) is 48.0 Å². The van der Waals surface area contributed by atoms with Gasteiger partial charge < -0.3 is 24.7 Å². The van der Waals surface area contributed by atoms with E-state index in [4.69, 9.17) is 38.3 Å². The molecule has 0 spiro atoms. The van der Waals surface area contributed by atoms with Gasteiger partial charge in [-0.15, -0.1) is 0 Å². The molecule has 0 saturated heterocycles. The second-order valence-corrected chi connectivity index (χ2v) is 8.67. The standard InChI is InChI=1S/C25H31ClN4O3S/c1-4-5-6-14-30-21-12-11-17(24(31)33-3)16-20(21)28-23(30)18-9-7-10-19(22(18)26)29-25(34)27-13-8-15-32-2/h7,9-12,16H,4-6,8,13-15H2,1-3H3,(H2,27,29,34). The van der Waals surface area contributed by atoms with Crippen molar-refractivity contribution in [3.8, 4) is 11.4 Å². The number of imidazole rings is 1. The lowest BCUT2D eigenvalue weighted by atomic mass is 10.1. The number of hydrogen-bond donors (Lipinski definition) is 2. The summed E-state index contributed by atoms with van der Waals surface area (Å²) >= 11 is 12.3. The Labute approximate surface area is 210 Å². The molecule has 34 heavy (non-hydrogen) atoms. The number of hydrogen-bond acceptors (Lipinski definition) is 5. The van der Waals surface area contributed by atoms with Gasteiger partial charge in [0.1, 0.15) is 5.82 Å². The van der Waals surface area contributed by atoms with Crippen LogP contribution in [0.4, 0.5) is 5.69 Å². The van der Waals surface area contributed by atoms with Gasteiger partial charge in [0.15, 0.2) is 5.11 Å². The van der Waals surface area contributed by atoms with E-state index < -0.39 is 0 Å². The average Bonchev–Trinajstić information content (AvgIpc) is 3.20. The molecule has 0 saturated carbocycles. The van der Waals surface area contributed by atoms with Crippen LogP contribution >= 0.6 is 23.8 Å². The third-order valence-corrected chi connectivity index (χ3v) is 6.11. The first-order valence-corrected chi connectivity index (χ1v) is 12.2. The van der Waals surface area contributed by atoms with Crippen molar-refractivity contribution in [3.63, 3.8) is 0 Å². The number of aryl methyl sites for hydroxylation is 1. The molecule has 0 atom stereocenters. The number of benzene rings is 2. The van der Waals surface area contributed by atoms with E-state index in [9.17, 15) is 4.79 Å². The number of methoxy groups -OCH3 is 2. The summed E-state index contributed by atoms with van der Waals surface area (Å²) < 4.78 is 12.1. The van der Waals surface area contributed by atoms with E-state index in [1.807, 2.05) is 24.3 Å². The second-order valence-electron chi connectivity index (χ2n) is 7.88. The molecule has 9 heteroatoms. The van der Waals surface area contributed by atoms with Gasteiger partial charge in [0.05, 0.1) is 34.4 Å². The molecular formula is C25H31ClN4O3S. The molecule has 0 bridgehead atoms. The van der Waals surface area contributed by atoms with Crippen molar-refractivity contribution in [2.24, 2.45) is 0 Å². The quantitative estimate of drug-likeness (QED) is 0.199. The number of rotatable bonds is 11. The summed E-state index contributed by atoms with van der Waals surface area (Å²) in [5, 5.41) is 7.37. The van der Waals surface area contributed by atoms with Gasteiger partial charge in [0.2, 0.25) is 0 Å². The maximum Gasteiger partial charge on any atom is 0.337 e. The molecule has 182 valence electrons. The Morgan fingerprint density at radius 2 is 2.00 bits per heavy atom. The summed E-state index contributed by atoms with van der Waals surface area (Å²) in [6.45, 7) is 4.34. The van der Waals surface area contributed by atoms with Crippen molar-refractivity contribution in [2.45, 2.75) is 39.2 Å². The van der Waals surface area contributed by atoms with Crippen molar-refractivity contribution >= 4 is 51.6 Å². The highest BCUT2D eigenvalue weighted by Crippen LogP contribution is 2.35. The Balaban J connectivity index is 1.96. The summed E-state index contributed by atoms with van der Waals surface area (Å²) in [7, 11) is 3.05. The Hall–Kier alpha value is -2.68. The predicted molar refractivity (Wildman–Crippen MR) is 142 cm³/mol. The summed E-state index contributed by atoms with van der Waals surface area (Å²) in [5.41, 5.74) is 3.63. The summed E-state index contributed by atoms with van der Waals surface area (Å²) in [6.07, 6.45) is 4.08. The van der Waals surface area contributed by atoms with Crippen molar-refractivity contribution in [1.29, 1.82) is 0 Å².